The minimum atomic E-state index is 0.240. The van der Waals surface area contributed by atoms with Crippen molar-refractivity contribution in [2.24, 2.45) is 5.73 Å². The molecule has 2 aromatic rings. The lowest BCUT2D eigenvalue weighted by Crippen LogP contribution is -2.12. The minimum Gasteiger partial charge on any atom is -0.493 e. The number of halogens is 2. The van der Waals surface area contributed by atoms with Crippen LogP contribution in [0.15, 0.2) is 40.9 Å². The zero-order chi connectivity index (χ0) is 15.4. The molecule has 110 valence electrons. The van der Waals surface area contributed by atoms with Gasteiger partial charge in [0.1, 0.15) is 11.6 Å². The molecule has 0 amide bonds. The van der Waals surface area contributed by atoms with Crippen LogP contribution in [0.5, 0.6) is 11.5 Å². The SMILES string of the molecule is COc1cc(Br)cc(C(N)=S)c1OCc1ccccc1Cl. The summed E-state index contributed by atoms with van der Waals surface area (Å²) in [6.45, 7) is 0.299. The molecule has 0 aromatic heterocycles. The maximum Gasteiger partial charge on any atom is 0.171 e. The van der Waals surface area contributed by atoms with Crippen molar-refractivity contribution in [3.8, 4) is 11.5 Å². The zero-order valence-electron chi connectivity index (χ0n) is 11.2. The molecule has 0 aliphatic heterocycles. The molecule has 0 saturated carbocycles. The van der Waals surface area contributed by atoms with E-state index in [1.165, 1.54) is 0 Å². The maximum atomic E-state index is 6.12. The van der Waals surface area contributed by atoms with Gasteiger partial charge in [-0.1, -0.05) is 57.9 Å². The quantitative estimate of drug-likeness (QED) is 0.777. The summed E-state index contributed by atoms with van der Waals surface area (Å²) < 4.78 is 12.0. The third kappa shape index (κ3) is 3.87. The van der Waals surface area contributed by atoms with Crippen LogP contribution >= 0.6 is 39.7 Å². The van der Waals surface area contributed by atoms with Gasteiger partial charge in [0.15, 0.2) is 11.5 Å². The fourth-order valence-corrected chi connectivity index (χ4v) is 2.60. The number of nitrogens with two attached hydrogens (primary N) is 1. The summed E-state index contributed by atoms with van der Waals surface area (Å²) in [6.07, 6.45) is 0. The van der Waals surface area contributed by atoms with E-state index in [0.717, 1.165) is 10.0 Å². The fourth-order valence-electron chi connectivity index (χ4n) is 1.82. The predicted molar refractivity (Wildman–Crippen MR) is 92.4 cm³/mol. The van der Waals surface area contributed by atoms with Crippen molar-refractivity contribution in [3.05, 3.63) is 57.0 Å². The van der Waals surface area contributed by atoms with E-state index in [4.69, 9.17) is 39.0 Å². The second-order valence-electron chi connectivity index (χ2n) is 4.23. The number of thiocarbonyl (C=S) groups is 1. The summed E-state index contributed by atoms with van der Waals surface area (Å²) in [7, 11) is 1.56. The number of benzene rings is 2. The Hall–Kier alpha value is -1.30. The molecule has 6 heteroatoms. The van der Waals surface area contributed by atoms with Crippen molar-refractivity contribution >= 4 is 44.7 Å². The topological polar surface area (TPSA) is 44.5 Å². The smallest absolute Gasteiger partial charge is 0.171 e. The Labute approximate surface area is 142 Å². The summed E-state index contributed by atoms with van der Waals surface area (Å²) in [5.74, 6) is 1.06. The Morgan fingerprint density at radius 1 is 1.33 bits per heavy atom. The Morgan fingerprint density at radius 2 is 2.05 bits per heavy atom. The van der Waals surface area contributed by atoms with Gasteiger partial charge in [-0.2, -0.15) is 0 Å². The molecule has 0 atom stereocenters. The van der Waals surface area contributed by atoms with E-state index in [-0.39, 0.29) is 4.99 Å². The second kappa shape index (κ2) is 7.11. The number of hydrogen-bond donors (Lipinski definition) is 1. The lowest BCUT2D eigenvalue weighted by molar-refractivity contribution is 0.284. The van der Waals surface area contributed by atoms with Gasteiger partial charge < -0.3 is 15.2 Å². The molecular weight excluding hydrogens is 374 g/mol. The largest absolute Gasteiger partial charge is 0.493 e. The number of methoxy groups -OCH3 is 1. The van der Waals surface area contributed by atoms with Gasteiger partial charge in [0.2, 0.25) is 0 Å². The normalized spacial score (nSPS) is 10.2. The highest BCUT2D eigenvalue weighted by atomic mass is 79.9. The fraction of sp³-hybridized carbons (Fsp3) is 0.133. The van der Waals surface area contributed by atoms with Gasteiger partial charge in [0.25, 0.3) is 0 Å². The molecule has 0 fully saturated rings. The van der Waals surface area contributed by atoms with E-state index in [2.05, 4.69) is 15.9 Å². The van der Waals surface area contributed by atoms with Crippen LogP contribution < -0.4 is 15.2 Å². The van der Waals surface area contributed by atoms with E-state index >= 15 is 0 Å². The van der Waals surface area contributed by atoms with Crippen molar-refractivity contribution < 1.29 is 9.47 Å². The Balaban J connectivity index is 2.34. The molecule has 21 heavy (non-hydrogen) atoms. The maximum absolute atomic E-state index is 6.12. The van der Waals surface area contributed by atoms with E-state index in [0.29, 0.717) is 28.7 Å². The molecule has 2 N–H and O–H groups in total. The van der Waals surface area contributed by atoms with Crippen LogP contribution in [0.2, 0.25) is 5.02 Å². The summed E-state index contributed by atoms with van der Waals surface area (Å²) in [5, 5.41) is 0.644. The average molecular weight is 387 g/mol. The van der Waals surface area contributed by atoms with Crippen LogP contribution in [0.1, 0.15) is 11.1 Å². The molecule has 0 bridgehead atoms. The summed E-state index contributed by atoms with van der Waals surface area (Å²) in [6, 6.07) is 11.1. The lowest BCUT2D eigenvalue weighted by atomic mass is 10.2. The minimum absolute atomic E-state index is 0.240. The molecule has 0 unspecified atom stereocenters. The van der Waals surface area contributed by atoms with Gasteiger partial charge >= 0.3 is 0 Å². The summed E-state index contributed by atoms with van der Waals surface area (Å²) in [4.78, 5) is 0.240. The first-order valence-electron chi connectivity index (χ1n) is 6.06. The highest BCUT2D eigenvalue weighted by molar-refractivity contribution is 9.10. The van der Waals surface area contributed by atoms with Gasteiger partial charge in [-0.15, -0.1) is 0 Å². The first-order valence-corrected chi connectivity index (χ1v) is 7.64. The molecule has 0 aliphatic carbocycles. The van der Waals surface area contributed by atoms with Crippen LogP contribution in [0.4, 0.5) is 0 Å². The average Bonchev–Trinajstić information content (AvgIpc) is 2.46. The highest BCUT2D eigenvalue weighted by Gasteiger charge is 2.15. The molecule has 0 heterocycles. The van der Waals surface area contributed by atoms with E-state index in [1.807, 2.05) is 24.3 Å². The van der Waals surface area contributed by atoms with Crippen molar-refractivity contribution in [2.45, 2.75) is 6.61 Å². The second-order valence-corrected chi connectivity index (χ2v) is 5.99. The number of rotatable bonds is 5. The van der Waals surface area contributed by atoms with Gasteiger partial charge in [-0.3, -0.25) is 0 Å². The van der Waals surface area contributed by atoms with Gasteiger partial charge in [0, 0.05) is 15.1 Å². The monoisotopic (exact) mass is 385 g/mol. The van der Waals surface area contributed by atoms with Crippen LogP contribution in [0.3, 0.4) is 0 Å². The first-order chi connectivity index (χ1) is 10.0. The van der Waals surface area contributed by atoms with E-state index in [1.54, 1.807) is 19.2 Å². The third-order valence-electron chi connectivity index (χ3n) is 2.83. The Bertz CT molecular complexity index is 679. The van der Waals surface area contributed by atoms with Gasteiger partial charge in [-0.05, 0) is 18.2 Å². The molecule has 2 aromatic carbocycles. The van der Waals surface area contributed by atoms with Crippen LogP contribution in [-0.4, -0.2) is 12.1 Å². The van der Waals surface area contributed by atoms with E-state index < -0.39 is 0 Å². The molecular formula is C15H13BrClNO2S. The first kappa shape index (κ1) is 16.1. The zero-order valence-corrected chi connectivity index (χ0v) is 14.4. The van der Waals surface area contributed by atoms with E-state index in [9.17, 15) is 0 Å². The molecule has 0 aliphatic rings. The van der Waals surface area contributed by atoms with Crippen LogP contribution in [-0.2, 0) is 6.61 Å². The van der Waals surface area contributed by atoms with Gasteiger partial charge in [0.05, 0.1) is 12.7 Å². The highest BCUT2D eigenvalue weighted by Crippen LogP contribution is 2.35. The molecule has 0 radical (unpaired) electrons. The third-order valence-corrected chi connectivity index (χ3v) is 3.88. The summed E-state index contributed by atoms with van der Waals surface area (Å²) >= 11 is 14.6. The lowest BCUT2D eigenvalue weighted by Gasteiger charge is -2.15. The molecule has 0 saturated heterocycles. The van der Waals surface area contributed by atoms with Crippen molar-refractivity contribution in [3.63, 3.8) is 0 Å². The predicted octanol–water partition coefficient (Wildman–Crippen LogP) is 4.32. The summed E-state index contributed by atoms with van der Waals surface area (Å²) in [5.41, 5.74) is 7.24. The van der Waals surface area contributed by atoms with Crippen LogP contribution in [0.25, 0.3) is 0 Å². The Kier molecular flexibility index (Phi) is 5.45. The van der Waals surface area contributed by atoms with Gasteiger partial charge in [-0.25, -0.2) is 0 Å². The standard InChI is InChI=1S/C15H13BrClNO2S/c1-19-13-7-10(16)6-11(15(18)21)14(13)20-8-9-4-2-3-5-12(9)17/h2-7H,8H2,1H3,(H2,18,21). The molecule has 0 spiro atoms. The number of hydrogen-bond acceptors (Lipinski definition) is 3. The Morgan fingerprint density at radius 3 is 2.67 bits per heavy atom. The van der Waals surface area contributed by atoms with Crippen molar-refractivity contribution in [2.75, 3.05) is 7.11 Å². The van der Waals surface area contributed by atoms with Crippen molar-refractivity contribution in [1.82, 2.24) is 0 Å². The van der Waals surface area contributed by atoms with Crippen LogP contribution in [0, 0.1) is 0 Å². The molecule has 3 nitrogen and oxygen atoms in total. The number of ether oxygens (including phenoxy) is 2. The van der Waals surface area contributed by atoms with Crippen molar-refractivity contribution in [1.29, 1.82) is 0 Å². The molecule has 2 rings (SSSR count).